The fraction of sp³-hybridized carbons (Fsp3) is 0.364. The van der Waals surface area contributed by atoms with E-state index < -0.39 is 5.97 Å². The fourth-order valence-electron chi connectivity index (χ4n) is 4.13. The lowest BCUT2D eigenvalue weighted by Gasteiger charge is -2.19. The smallest absolute Gasteiger partial charge is 0.306 e. The number of aromatic nitrogens is 2. The van der Waals surface area contributed by atoms with E-state index in [1.807, 2.05) is 26.1 Å². The van der Waals surface area contributed by atoms with E-state index in [1.54, 1.807) is 17.7 Å². The molecule has 5 rings (SSSR count). The summed E-state index contributed by atoms with van der Waals surface area (Å²) in [6.07, 6.45) is 5.40. The summed E-state index contributed by atoms with van der Waals surface area (Å²) in [5, 5.41) is 13.9. The molecular formula is C22H22N4O3S. The average molecular weight is 423 g/mol. The van der Waals surface area contributed by atoms with Gasteiger partial charge in [-0.2, -0.15) is 0 Å². The van der Waals surface area contributed by atoms with Gasteiger partial charge in [-0.15, -0.1) is 11.3 Å². The highest BCUT2D eigenvalue weighted by Crippen LogP contribution is 2.41. The Kier molecular flexibility index (Phi) is 4.66. The molecule has 1 aliphatic heterocycles. The third-order valence-corrected chi connectivity index (χ3v) is 6.71. The second-order valence-electron chi connectivity index (χ2n) is 7.99. The van der Waals surface area contributed by atoms with Crippen molar-refractivity contribution in [1.82, 2.24) is 9.97 Å². The van der Waals surface area contributed by atoms with Crippen molar-refractivity contribution in [2.24, 2.45) is 10.9 Å². The number of hydrogen-bond acceptors (Lipinski definition) is 7. The Morgan fingerprint density at radius 1 is 1.33 bits per heavy atom. The molecule has 2 aromatic heterocycles. The van der Waals surface area contributed by atoms with E-state index in [0.29, 0.717) is 19.4 Å². The minimum absolute atomic E-state index is 0.0400. The van der Waals surface area contributed by atoms with Gasteiger partial charge in [-0.25, -0.2) is 9.97 Å². The second-order valence-corrected chi connectivity index (χ2v) is 9.08. The SMILES string of the molecule is CC(C)Oc1cc2c(cc1Nc1ncnc3sc4c(c13)CC[C@@H](C(=O)O)C4)C=NC2. The summed E-state index contributed by atoms with van der Waals surface area (Å²) in [7, 11) is 0. The van der Waals surface area contributed by atoms with Gasteiger partial charge in [0.1, 0.15) is 22.7 Å². The number of aliphatic carboxylic acids is 1. The van der Waals surface area contributed by atoms with Crippen LogP contribution in [0.3, 0.4) is 0 Å². The summed E-state index contributed by atoms with van der Waals surface area (Å²) in [4.78, 5) is 26.8. The molecule has 0 unspecified atom stereocenters. The van der Waals surface area contributed by atoms with Gasteiger partial charge in [0.15, 0.2) is 0 Å². The van der Waals surface area contributed by atoms with Crippen molar-refractivity contribution in [2.75, 3.05) is 5.32 Å². The first-order valence-electron chi connectivity index (χ1n) is 10.1. The van der Waals surface area contributed by atoms with Crippen LogP contribution in [0.25, 0.3) is 10.2 Å². The Hall–Kier alpha value is -3.00. The van der Waals surface area contributed by atoms with Gasteiger partial charge >= 0.3 is 5.97 Å². The molecule has 154 valence electrons. The lowest BCUT2D eigenvalue weighted by Crippen LogP contribution is -2.21. The van der Waals surface area contributed by atoms with Crippen LogP contribution in [0.2, 0.25) is 0 Å². The molecule has 0 bridgehead atoms. The van der Waals surface area contributed by atoms with Crippen LogP contribution in [0.15, 0.2) is 23.5 Å². The maximum atomic E-state index is 11.4. The molecular weight excluding hydrogens is 400 g/mol. The molecule has 1 aliphatic carbocycles. The number of benzene rings is 1. The highest BCUT2D eigenvalue weighted by atomic mass is 32.1. The summed E-state index contributed by atoms with van der Waals surface area (Å²) in [6, 6.07) is 4.10. The summed E-state index contributed by atoms with van der Waals surface area (Å²) >= 11 is 1.57. The van der Waals surface area contributed by atoms with Gasteiger partial charge in [-0.05, 0) is 61.9 Å². The number of aryl methyl sites for hydroxylation is 1. The molecule has 30 heavy (non-hydrogen) atoms. The number of aliphatic imine (C=N–C) groups is 1. The van der Waals surface area contributed by atoms with Gasteiger partial charge in [-0.1, -0.05) is 0 Å². The first-order valence-corrected chi connectivity index (χ1v) is 10.9. The number of hydrogen-bond donors (Lipinski definition) is 2. The number of carbonyl (C=O) groups is 1. The first kappa shape index (κ1) is 19.0. The van der Waals surface area contributed by atoms with Gasteiger partial charge in [-0.3, -0.25) is 9.79 Å². The van der Waals surface area contributed by atoms with E-state index in [0.717, 1.165) is 49.9 Å². The monoisotopic (exact) mass is 422 g/mol. The van der Waals surface area contributed by atoms with Crippen LogP contribution in [-0.4, -0.2) is 33.4 Å². The number of nitrogens with one attached hydrogen (secondary N) is 1. The van der Waals surface area contributed by atoms with E-state index in [-0.39, 0.29) is 12.0 Å². The van der Waals surface area contributed by atoms with Crippen LogP contribution in [0.1, 0.15) is 41.8 Å². The van der Waals surface area contributed by atoms with E-state index in [4.69, 9.17) is 4.74 Å². The maximum Gasteiger partial charge on any atom is 0.306 e. The van der Waals surface area contributed by atoms with Crippen molar-refractivity contribution in [3.63, 3.8) is 0 Å². The number of ether oxygens (including phenoxy) is 1. The number of carboxylic acid groups (broad SMARTS) is 1. The molecule has 2 aliphatic rings. The predicted octanol–water partition coefficient (Wildman–Crippen LogP) is 4.34. The maximum absolute atomic E-state index is 11.4. The fourth-order valence-corrected chi connectivity index (χ4v) is 5.40. The summed E-state index contributed by atoms with van der Waals surface area (Å²) in [6.45, 7) is 4.68. The van der Waals surface area contributed by atoms with Crippen molar-refractivity contribution in [3.8, 4) is 5.75 Å². The zero-order chi connectivity index (χ0) is 20.8. The lowest BCUT2D eigenvalue weighted by molar-refractivity contribution is -0.142. The van der Waals surface area contributed by atoms with Gasteiger partial charge in [0.25, 0.3) is 0 Å². The van der Waals surface area contributed by atoms with Crippen molar-refractivity contribution >= 4 is 45.2 Å². The summed E-state index contributed by atoms with van der Waals surface area (Å²) in [5.74, 6) is 0.459. The molecule has 0 saturated heterocycles. The van der Waals surface area contributed by atoms with Crippen LogP contribution in [-0.2, 0) is 24.2 Å². The summed E-state index contributed by atoms with van der Waals surface area (Å²) in [5.41, 5.74) is 4.24. The topological polar surface area (TPSA) is 96.7 Å². The summed E-state index contributed by atoms with van der Waals surface area (Å²) < 4.78 is 6.07. The van der Waals surface area contributed by atoms with E-state index in [2.05, 4.69) is 26.3 Å². The third kappa shape index (κ3) is 3.31. The molecule has 7 nitrogen and oxygen atoms in total. The Bertz CT molecular complexity index is 1180. The molecule has 0 radical (unpaired) electrons. The largest absolute Gasteiger partial charge is 0.489 e. The zero-order valence-corrected chi connectivity index (χ0v) is 17.6. The molecule has 3 aromatic rings. The van der Waals surface area contributed by atoms with E-state index in [9.17, 15) is 9.90 Å². The highest BCUT2D eigenvalue weighted by Gasteiger charge is 2.29. The lowest BCUT2D eigenvalue weighted by atomic mass is 9.88. The molecule has 8 heteroatoms. The molecule has 0 saturated carbocycles. The van der Waals surface area contributed by atoms with Gasteiger partial charge < -0.3 is 15.2 Å². The Morgan fingerprint density at radius 2 is 2.20 bits per heavy atom. The van der Waals surface area contributed by atoms with Crippen LogP contribution >= 0.6 is 11.3 Å². The number of rotatable bonds is 5. The van der Waals surface area contributed by atoms with Crippen molar-refractivity contribution in [3.05, 3.63) is 40.0 Å². The Labute approximate surface area is 177 Å². The number of anilines is 2. The van der Waals surface area contributed by atoms with E-state index >= 15 is 0 Å². The minimum atomic E-state index is -0.724. The number of thiophene rings is 1. The number of nitrogens with zero attached hydrogens (tertiary/aromatic N) is 3. The van der Waals surface area contributed by atoms with Crippen LogP contribution in [0, 0.1) is 5.92 Å². The second kappa shape index (κ2) is 7.36. The molecule has 3 heterocycles. The molecule has 0 spiro atoms. The highest BCUT2D eigenvalue weighted by molar-refractivity contribution is 7.19. The zero-order valence-electron chi connectivity index (χ0n) is 16.8. The number of fused-ring (bicyclic) bond motifs is 4. The third-order valence-electron chi connectivity index (χ3n) is 5.54. The quantitative estimate of drug-likeness (QED) is 0.635. The van der Waals surface area contributed by atoms with Crippen LogP contribution in [0.5, 0.6) is 5.75 Å². The van der Waals surface area contributed by atoms with Crippen molar-refractivity contribution < 1.29 is 14.6 Å². The van der Waals surface area contributed by atoms with Gasteiger partial charge in [0.2, 0.25) is 0 Å². The average Bonchev–Trinajstić information content (AvgIpc) is 3.31. The van der Waals surface area contributed by atoms with Crippen molar-refractivity contribution in [2.45, 2.75) is 45.8 Å². The van der Waals surface area contributed by atoms with E-state index in [1.165, 1.54) is 5.56 Å². The molecule has 1 aromatic carbocycles. The molecule has 0 amide bonds. The molecule has 1 atom stereocenters. The first-order chi connectivity index (χ1) is 14.5. The van der Waals surface area contributed by atoms with Crippen molar-refractivity contribution in [1.29, 1.82) is 0 Å². The van der Waals surface area contributed by atoms with Gasteiger partial charge in [0, 0.05) is 11.1 Å². The normalized spacial score (nSPS) is 17.2. The minimum Gasteiger partial charge on any atom is -0.489 e. The standard InChI is InChI=1S/C22H22N4O3S/c1-11(2)29-17-6-14-9-23-8-13(14)5-16(17)26-20-19-15-4-3-12(22(27)28)7-18(15)30-21(19)25-10-24-20/h5-6,8,10-12H,3-4,7,9H2,1-2H3,(H,27,28)(H,24,25,26)/t12-/m1/s1. The predicted molar refractivity (Wildman–Crippen MR) is 117 cm³/mol. The number of carboxylic acids is 1. The van der Waals surface area contributed by atoms with Crippen LogP contribution in [0.4, 0.5) is 11.5 Å². The molecule has 0 fully saturated rings. The van der Waals surface area contributed by atoms with Gasteiger partial charge in [0.05, 0.1) is 29.6 Å². The Balaban J connectivity index is 1.57. The Morgan fingerprint density at radius 3 is 3.00 bits per heavy atom. The molecule has 2 N–H and O–H groups in total. The van der Waals surface area contributed by atoms with Crippen LogP contribution < -0.4 is 10.1 Å².